The van der Waals surface area contributed by atoms with Gasteiger partial charge in [-0.2, -0.15) is 10.5 Å². The molecule has 2 heterocycles. The molecule has 6 aromatic carbocycles. The molecule has 4 heteroatoms. The molecule has 0 spiro atoms. The molecule has 0 bridgehead atoms. The van der Waals surface area contributed by atoms with Crippen LogP contribution in [-0.2, 0) is 0 Å². The predicted molar refractivity (Wildman–Crippen MR) is 162 cm³/mol. The van der Waals surface area contributed by atoms with Gasteiger partial charge < -0.3 is 9.13 Å². The maximum atomic E-state index is 10.6. The second-order valence-electron chi connectivity index (χ2n) is 10.0. The van der Waals surface area contributed by atoms with Crippen LogP contribution < -0.4 is 0 Å². The Morgan fingerprint density at radius 1 is 0.400 bits per heavy atom. The van der Waals surface area contributed by atoms with E-state index >= 15 is 0 Å². The molecule has 0 aliphatic heterocycles. The molecule has 0 aliphatic carbocycles. The molecule has 0 fully saturated rings. The van der Waals surface area contributed by atoms with E-state index in [0.29, 0.717) is 22.5 Å². The van der Waals surface area contributed by atoms with Gasteiger partial charge in [-0.1, -0.05) is 78.9 Å². The standard InChI is InChI=1S/C36H20N4/c37-21-29-30(22-38)35(18-17-34(29)39-31-14-6-3-11-25(31)26-12-4-7-15-32(26)39)40-33-16-8-5-13-27(33)28-19-23-9-1-2-10-24(23)20-36(28)40/h1-20H. The quantitative estimate of drug-likeness (QED) is 0.234. The van der Waals surface area contributed by atoms with Crippen LogP contribution in [0.1, 0.15) is 11.1 Å². The predicted octanol–water partition coefficient (Wildman–Crippen LogP) is 8.78. The first-order valence-corrected chi connectivity index (χ1v) is 13.2. The summed E-state index contributed by atoms with van der Waals surface area (Å²) in [5.41, 5.74) is 6.12. The number of fused-ring (bicyclic) bond motifs is 7. The highest BCUT2D eigenvalue weighted by Crippen LogP contribution is 2.38. The van der Waals surface area contributed by atoms with Crippen molar-refractivity contribution in [3.8, 4) is 23.5 Å². The van der Waals surface area contributed by atoms with Crippen molar-refractivity contribution < 1.29 is 0 Å². The number of para-hydroxylation sites is 3. The minimum Gasteiger partial charge on any atom is -0.308 e. The minimum atomic E-state index is 0.359. The number of aromatic nitrogens is 2. The van der Waals surface area contributed by atoms with Crippen molar-refractivity contribution in [1.82, 2.24) is 9.13 Å². The largest absolute Gasteiger partial charge is 0.308 e. The van der Waals surface area contributed by atoms with Gasteiger partial charge in [0.1, 0.15) is 12.1 Å². The van der Waals surface area contributed by atoms with Crippen molar-refractivity contribution in [2.24, 2.45) is 0 Å². The molecule has 0 saturated carbocycles. The lowest BCUT2D eigenvalue weighted by Gasteiger charge is -2.16. The lowest BCUT2D eigenvalue weighted by atomic mass is 10.0. The van der Waals surface area contributed by atoms with E-state index in [1.54, 1.807) is 0 Å². The Hall–Kier alpha value is -5.84. The Labute approximate surface area is 229 Å². The van der Waals surface area contributed by atoms with Crippen molar-refractivity contribution in [3.05, 3.63) is 132 Å². The Morgan fingerprint density at radius 2 is 0.800 bits per heavy atom. The van der Waals surface area contributed by atoms with Crippen molar-refractivity contribution in [1.29, 1.82) is 10.5 Å². The normalized spacial score (nSPS) is 11.4. The molecule has 0 amide bonds. The average molecular weight is 509 g/mol. The number of hydrogen-bond acceptors (Lipinski definition) is 2. The molecule has 0 aliphatic rings. The molecule has 40 heavy (non-hydrogen) atoms. The molecule has 8 aromatic rings. The first kappa shape index (κ1) is 22.2. The molecule has 2 aromatic heterocycles. The molecule has 184 valence electrons. The zero-order valence-electron chi connectivity index (χ0n) is 21.3. The fourth-order valence-corrected chi connectivity index (χ4v) is 6.28. The zero-order valence-corrected chi connectivity index (χ0v) is 21.3. The summed E-state index contributed by atoms with van der Waals surface area (Å²) in [4.78, 5) is 0. The summed E-state index contributed by atoms with van der Waals surface area (Å²) in [6, 6.07) is 46.1. The van der Waals surface area contributed by atoms with Gasteiger partial charge in [-0.25, -0.2) is 0 Å². The third-order valence-electron chi connectivity index (χ3n) is 7.99. The van der Waals surface area contributed by atoms with Crippen LogP contribution in [0.5, 0.6) is 0 Å². The van der Waals surface area contributed by atoms with Crippen LogP contribution in [0.2, 0.25) is 0 Å². The molecule has 0 saturated heterocycles. The molecular weight excluding hydrogens is 488 g/mol. The lowest BCUT2D eigenvalue weighted by molar-refractivity contribution is 1.12. The number of hydrogen-bond donors (Lipinski definition) is 0. The van der Waals surface area contributed by atoms with Crippen LogP contribution >= 0.6 is 0 Å². The Bertz CT molecular complexity index is 2350. The zero-order chi connectivity index (χ0) is 26.8. The third kappa shape index (κ3) is 2.93. The molecule has 4 nitrogen and oxygen atoms in total. The Balaban J connectivity index is 1.49. The summed E-state index contributed by atoms with van der Waals surface area (Å²) < 4.78 is 4.24. The molecular formula is C36H20N4. The summed E-state index contributed by atoms with van der Waals surface area (Å²) in [5.74, 6) is 0. The first-order valence-electron chi connectivity index (χ1n) is 13.2. The van der Waals surface area contributed by atoms with Crippen molar-refractivity contribution >= 4 is 54.4 Å². The summed E-state index contributed by atoms with van der Waals surface area (Å²) in [6.45, 7) is 0. The van der Waals surface area contributed by atoms with Gasteiger partial charge in [-0.3, -0.25) is 0 Å². The van der Waals surface area contributed by atoms with Crippen LogP contribution in [0.3, 0.4) is 0 Å². The highest BCUT2D eigenvalue weighted by molar-refractivity contribution is 6.14. The topological polar surface area (TPSA) is 57.4 Å². The SMILES string of the molecule is N#Cc1c(-n2c3ccccc3c3ccccc32)ccc(-n2c3ccccc3c3cc4ccccc4cc32)c1C#N. The fourth-order valence-electron chi connectivity index (χ4n) is 6.28. The van der Waals surface area contributed by atoms with Crippen molar-refractivity contribution in [2.75, 3.05) is 0 Å². The number of rotatable bonds is 2. The van der Waals surface area contributed by atoms with E-state index in [9.17, 15) is 10.5 Å². The van der Waals surface area contributed by atoms with Crippen LogP contribution in [0.15, 0.2) is 121 Å². The van der Waals surface area contributed by atoms with Gasteiger partial charge in [0.05, 0.1) is 44.6 Å². The maximum absolute atomic E-state index is 10.6. The van der Waals surface area contributed by atoms with E-state index in [0.717, 1.165) is 54.4 Å². The highest BCUT2D eigenvalue weighted by atomic mass is 15.0. The van der Waals surface area contributed by atoms with Crippen molar-refractivity contribution in [2.45, 2.75) is 0 Å². The van der Waals surface area contributed by atoms with E-state index in [-0.39, 0.29) is 0 Å². The molecule has 0 atom stereocenters. The summed E-state index contributed by atoms with van der Waals surface area (Å²) in [7, 11) is 0. The highest BCUT2D eigenvalue weighted by Gasteiger charge is 2.22. The van der Waals surface area contributed by atoms with Gasteiger partial charge in [0.15, 0.2) is 0 Å². The maximum Gasteiger partial charge on any atom is 0.103 e. The van der Waals surface area contributed by atoms with Gasteiger partial charge in [-0.05, 0) is 53.2 Å². The van der Waals surface area contributed by atoms with Gasteiger partial charge in [-0.15, -0.1) is 0 Å². The first-order chi connectivity index (χ1) is 19.8. The lowest BCUT2D eigenvalue weighted by Crippen LogP contribution is -2.05. The number of nitriles is 2. The summed E-state index contributed by atoms with van der Waals surface area (Å²) in [6.07, 6.45) is 0. The van der Waals surface area contributed by atoms with E-state index < -0.39 is 0 Å². The van der Waals surface area contributed by atoms with E-state index in [1.165, 1.54) is 0 Å². The number of nitrogens with zero attached hydrogens (tertiary/aromatic N) is 4. The van der Waals surface area contributed by atoms with Gasteiger partial charge in [0.2, 0.25) is 0 Å². The van der Waals surface area contributed by atoms with Gasteiger partial charge in [0.25, 0.3) is 0 Å². The van der Waals surface area contributed by atoms with E-state index in [1.807, 2.05) is 60.7 Å². The molecule has 0 N–H and O–H groups in total. The van der Waals surface area contributed by atoms with Crippen molar-refractivity contribution in [3.63, 3.8) is 0 Å². The van der Waals surface area contributed by atoms with E-state index in [2.05, 4.69) is 81.9 Å². The van der Waals surface area contributed by atoms with Crippen LogP contribution in [0, 0.1) is 22.7 Å². The Kier molecular flexibility index (Phi) is 4.62. The van der Waals surface area contributed by atoms with Crippen LogP contribution in [-0.4, -0.2) is 9.13 Å². The van der Waals surface area contributed by atoms with Gasteiger partial charge in [0, 0.05) is 21.5 Å². The third-order valence-corrected chi connectivity index (χ3v) is 7.99. The minimum absolute atomic E-state index is 0.359. The summed E-state index contributed by atoms with van der Waals surface area (Å²) >= 11 is 0. The molecule has 0 unspecified atom stereocenters. The monoisotopic (exact) mass is 508 g/mol. The van der Waals surface area contributed by atoms with Crippen LogP contribution in [0.25, 0.3) is 65.8 Å². The number of benzene rings is 6. The second-order valence-corrected chi connectivity index (χ2v) is 10.0. The average Bonchev–Trinajstić information content (AvgIpc) is 3.51. The summed E-state index contributed by atoms with van der Waals surface area (Å²) in [5, 5.41) is 27.8. The Morgan fingerprint density at radius 3 is 1.30 bits per heavy atom. The smallest absolute Gasteiger partial charge is 0.103 e. The molecule has 0 radical (unpaired) electrons. The van der Waals surface area contributed by atoms with Gasteiger partial charge >= 0.3 is 0 Å². The van der Waals surface area contributed by atoms with Crippen LogP contribution in [0.4, 0.5) is 0 Å². The fraction of sp³-hybridized carbons (Fsp3) is 0. The second kappa shape index (κ2) is 8.33. The van der Waals surface area contributed by atoms with E-state index in [4.69, 9.17) is 0 Å². The molecule has 8 rings (SSSR count).